The first-order chi connectivity index (χ1) is 9.56. The summed E-state index contributed by atoms with van der Waals surface area (Å²) >= 11 is 11.9. The standard InChI is InChI=1S/C13H12Cl2N4O/c14-7-4-9-10(5-8(7)15)18-12(6-17-9)19-3-1-2-11(19)13(16)20/h4-6,11H,1-3H2,(H2,16,20)/t11-/m1/s1. The molecule has 0 spiro atoms. The molecule has 2 heterocycles. The summed E-state index contributed by atoms with van der Waals surface area (Å²) < 4.78 is 0. The molecule has 5 nitrogen and oxygen atoms in total. The van der Waals surface area contributed by atoms with Crippen molar-refractivity contribution >= 4 is 46.0 Å². The van der Waals surface area contributed by atoms with Crippen LogP contribution in [0.15, 0.2) is 18.3 Å². The molecule has 2 N–H and O–H groups in total. The fourth-order valence-electron chi connectivity index (χ4n) is 2.47. The molecule has 2 aromatic rings. The normalized spacial score (nSPS) is 18.7. The number of amides is 1. The van der Waals surface area contributed by atoms with Crippen LogP contribution < -0.4 is 10.6 Å². The van der Waals surface area contributed by atoms with Crippen LogP contribution >= 0.6 is 23.2 Å². The van der Waals surface area contributed by atoms with Gasteiger partial charge in [-0.1, -0.05) is 23.2 Å². The van der Waals surface area contributed by atoms with Crippen LogP contribution in [0, 0.1) is 0 Å². The molecule has 1 atom stereocenters. The monoisotopic (exact) mass is 310 g/mol. The van der Waals surface area contributed by atoms with Gasteiger partial charge in [-0.2, -0.15) is 0 Å². The van der Waals surface area contributed by atoms with Crippen molar-refractivity contribution in [2.45, 2.75) is 18.9 Å². The van der Waals surface area contributed by atoms with Gasteiger partial charge in [0.1, 0.15) is 11.9 Å². The number of benzene rings is 1. The van der Waals surface area contributed by atoms with Gasteiger partial charge >= 0.3 is 0 Å². The van der Waals surface area contributed by atoms with Gasteiger partial charge in [-0.05, 0) is 25.0 Å². The number of carbonyl (C=O) groups is 1. The first-order valence-corrected chi connectivity index (χ1v) is 6.99. The Labute approximate surface area is 125 Å². The maximum Gasteiger partial charge on any atom is 0.240 e. The fraction of sp³-hybridized carbons (Fsp3) is 0.308. The second-order valence-electron chi connectivity index (χ2n) is 4.74. The lowest BCUT2D eigenvalue weighted by Crippen LogP contribution is -2.40. The molecule has 0 unspecified atom stereocenters. The molecule has 20 heavy (non-hydrogen) atoms. The number of hydrogen-bond donors (Lipinski definition) is 1. The fourth-order valence-corrected chi connectivity index (χ4v) is 2.79. The van der Waals surface area contributed by atoms with Crippen LogP contribution in [0.25, 0.3) is 11.0 Å². The van der Waals surface area contributed by atoms with Gasteiger partial charge < -0.3 is 10.6 Å². The van der Waals surface area contributed by atoms with Crippen molar-refractivity contribution in [1.29, 1.82) is 0 Å². The highest BCUT2D eigenvalue weighted by Gasteiger charge is 2.30. The summed E-state index contributed by atoms with van der Waals surface area (Å²) in [5.41, 5.74) is 6.72. The van der Waals surface area contributed by atoms with Gasteiger partial charge in [0.15, 0.2) is 0 Å². The van der Waals surface area contributed by atoms with Gasteiger partial charge in [-0.3, -0.25) is 9.78 Å². The van der Waals surface area contributed by atoms with Gasteiger partial charge in [0.2, 0.25) is 5.91 Å². The SMILES string of the molecule is NC(=O)[C@H]1CCCN1c1cnc2cc(Cl)c(Cl)cc2n1. The molecule has 104 valence electrons. The summed E-state index contributed by atoms with van der Waals surface area (Å²) in [4.78, 5) is 22.2. The van der Waals surface area contributed by atoms with Crippen LogP contribution in [0.1, 0.15) is 12.8 Å². The van der Waals surface area contributed by atoms with E-state index in [1.165, 1.54) is 0 Å². The zero-order chi connectivity index (χ0) is 14.3. The third-order valence-corrected chi connectivity index (χ3v) is 4.17. The molecule has 1 aromatic carbocycles. The van der Waals surface area contributed by atoms with Gasteiger partial charge in [0.05, 0.1) is 27.3 Å². The highest BCUT2D eigenvalue weighted by Crippen LogP contribution is 2.29. The van der Waals surface area contributed by atoms with Crippen LogP contribution in [-0.2, 0) is 4.79 Å². The Morgan fingerprint density at radius 3 is 2.70 bits per heavy atom. The molecule has 1 fully saturated rings. The second-order valence-corrected chi connectivity index (χ2v) is 5.55. The number of hydrogen-bond acceptors (Lipinski definition) is 4. The molecule has 0 saturated carbocycles. The number of rotatable bonds is 2. The number of halogens is 2. The quantitative estimate of drug-likeness (QED) is 0.924. The van der Waals surface area contributed by atoms with Gasteiger partial charge in [-0.25, -0.2) is 4.98 Å². The minimum atomic E-state index is -0.335. The maximum atomic E-state index is 11.4. The Morgan fingerprint density at radius 2 is 2.00 bits per heavy atom. The minimum absolute atomic E-state index is 0.315. The van der Waals surface area contributed by atoms with E-state index in [2.05, 4.69) is 9.97 Å². The average Bonchev–Trinajstić information content (AvgIpc) is 2.89. The Kier molecular flexibility index (Phi) is 3.40. The van der Waals surface area contributed by atoms with E-state index < -0.39 is 0 Å². The molecule has 3 rings (SSSR count). The third-order valence-electron chi connectivity index (χ3n) is 3.45. The Morgan fingerprint density at radius 1 is 1.30 bits per heavy atom. The number of nitrogens with zero attached hydrogens (tertiary/aromatic N) is 3. The molecular formula is C13H12Cl2N4O. The topological polar surface area (TPSA) is 72.1 Å². The Balaban J connectivity index is 2.04. The van der Waals surface area contributed by atoms with E-state index in [1.54, 1.807) is 18.3 Å². The smallest absolute Gasteiger partial charge is 0.240 e. The zero-order valence-electron chi connectivity index (χ0n) is 10.5. The van der Waals surface area contributed by atoms with Gasteiger partial charge in [0.25, 0.3) is 0 Å². The Hall–Kier alpha value is -1.59. The van der Waals surface area contributed by atoms with E-state index in [4.69, 9.17) is 28.9 Å². The van der Waals surface area contributed by atoms with Crippen LogP contribution in [-0.4, -0.2) is 28.5 Å². The van der Waals surface area contributed by atoms with E-state index >= 15 is 0 Å². The van der Waals surface area contributed by atoms with Crippen LogP contribution in [0.4, 0.5) is 5.82 Å². The number of nitrogens with two attached hydrogens (primary N) is 1. The molecule has 1 saturated heterocycles. The first kappa shape index (κ1) is 13.4. The van der Waals surface area contributed by atoms with Crippen LogP contribution in [0.3, 0.4) is 0 Å². The van der Waals surface area contributed by atoms with E-state index in [0.29, 0.717) is 26.9 Å². The third kappa shape index (κ3) is 2.27. The largest absolute Gasteiger partial charge is 0.368 e. The molecule has 1 amide bonds. The van der Waals surface area contributed by atoms with Crippen molar-refractivity contribution in [3.63, 3.8) is 0 Å². The van der Waals surface area contributed by atoms with Crippen LogP contribution in [0.2, 0.25) is 10.0 Å². The lowest BCUT2D eigenvalue weighted by atomic mass is 10.2. The summed E-state index contributed by atoms with van der Waals surface area (Å²) in [6.45, 7) is 0.745. The average molecular weight is 311 g/mol. The van der Waals surface area contributed by atoms with E-state index in [-0.39, 0.29) is 11.9 Å². The van der Waals surface area contributed by atoms with Gasteiger partial charge in [-0.15, -0.1) is 0 Å². The molecule has 1 aliphatic heterocycles. The summed E-state index contributed by atoms with van der Waals surface area (Å²) in [5, 5.41) is 0.871. The highest BCUT2D eigenvalue weighted by molar-refractivity contribution is 6.42. The molecule has 0 radical (unpaired) electrons. The molecule has 0 aliphatic carbocycles. The summed E-state index contributed by atoms with van der Waals surface area (Å²) in [5.74, 6) is 0.302. The van der Waals surface area contributed by atoms with Crippen molar-refractivity contribution in [2.24, 2.45) is 5.73 Å². The zero-order valence-corrected chi connectivity index (χ0v) is 12.0. The van der Waals surface area contributed by atoms with Crippen molar-refractivity contribution in [2.75, 3.05) is 11.4 Å². The van der Waals surface area contributed by atoms with Crippen LogP contribution in [0.5, 0.6) is 0 Å². The summed E-state index contributed by atoms with van der Waals surface area (Å²) in [6, 6.07) is 3.03. The van der Waals surface area contributed by atoms with Crippen molar-refractivity contribution in [3.05, 3.63) is 28.4 Å². The molecule has 0 bridgehead atoms. The molecule has 1 aliphatic rings. The number of fused-ring (bicyclic) bond motifs is 1. The number of aromatic nitrogens is 2. The van der Waals surface area contributed by atoms with E-state index in [0.717, 1.165) is 19.4 Å². The van der Waals surface area contributed by atoms with Crippen molar-refractivity contribution in [1.82, 2.24) is 9.97 Å². The predicted molar refractivity (Wildman–Crippen MR) is 79.1 cm³/mol. The van der Waals surface area contributed by atoms with Crippen molar-refractivity contribution in [3.8, 4) is 0 Å². The first-order valence-electron chi connectivity index (χ1n) is 6.24. The lowest BCUT2D eigenvalue weighted by molar-refractivity contribution is -0.119. The van der Waals surface area contributed by atoms with Gasteiger partial charge in [0, 0.05) is 6.54 Å². The second kappa shape index (κ2) is 5.07. The summed E-state index contributed by atoms with van der Waals surface area (Å²) in [6.07, 6.45) is 3.29. The minimum Gasteiger partial charge on any atom is -0.368 e. The predicted octanol–water partition coefficient (Wildman–Crippen LogP) is 2.39. The summed E-state index contributed by atoms with van der Waals surface area (Å²) in [7, 11) is 0. The van der Waals surface area contributed by atoms with Crippen molar-refractivity contribution < 1.29 is 4.79 Å². The number of carbonyl (C=O) groups excluding carboxylic acids is 1. The Bertz CT molecular complexity index is 691. The molecule has 1 aromatic heterocycles. The molecule has 7 heteroatoms. The maximum absolute atomic E-state index is 11.4. The lowest BCUT2D eigenvalue weighted by Gasteiger charge is -2.23. The van der Waals surface area contributed by atoms with E-state index in [9.17, 15) is 4.79 Å². The number of primary amides is 1. The highest BCUT2D eigenvalue weighted by atomic mass is 35.5. The molecular weight excluding hydrogens is 299 g/mol. The number of anilines is 1. The van der Waals surface area contributed by atoms with E-state index in [1.807, 2.05) is 4.90 Å².